The molecule has 1 heterocycles. The van der Waals surface area contributed by atoms with Crippen molar-refractivity contribution in [2.75, 3.05) is 45.9 Å². The summed E-state index contributed by atoms with van der Waals surface area (Å²) in [7, 11) is 0. The van der Waals surface area contributed by atoms with Gasteiger partial charge in [0.1, 0.15) is 5.75 Å². The van der Waals surface area contributed by atoms with Crippen molar-refractivity contribution >= 4 is 12.2 Å². The summed E-state index contributed by atoms with van der Waals surface area (Å²) in [5.74, 6) is 0.973. The van der Waals surface area contributed by atoms with E-state index in [-0.39, 0.29) is 0 Å². The number of para-hydroxylation sites is 1. The lowest BCUT2D eigenvalue weighted by Crippen LogP contribution is -2.46. The molecule has 2 aromatic rings. The third kappa shape index (κ3) is 6.53. The minimum absolute atomic E-state index is 0.783. The molecule has 0 aliphatic carbocycles. The highest BCUT2D eigenvalue weighted by atomic mass is 16.5. The largest absolute Gasteiger partial charge is 0.493 e. The van der Waals surface area contributed by atoms with Gasteiger partial charge in [0.25, 0.3) is 0 Å². The number of hydrogen-bond donors (Lipinski definition) is 0. The van der Waals surface area contributed by atoms with E-state index >= 15 is 0 Å². The first-order valence-electron chi connectivity index (χ1n) is 10.2. The number of benzene rings is 2. The van der Waals surface area contributed by atoms with Crippen LogP contribution in [0, 0.1) is 0 Å². The molecular weight excluding hydrogens is 332 g/mol. The van der Waals surface area contributed by atoms with Crippen LogP contribution < -0.4 is 4.74 Å². The zero-order valence-corrected chi connectivity index (χ0v) is 16.5. The first kappa shape index (κ1) is 19.7. The number of piperazine rings is 1. The molecule has 3 heteroatoms. The Labute approximate surface area is 164 Å². The van der Waals surface area contributed by atoms with Gasteiger partial charge >= 0.3 is 0 Å². The fourth-order valence-electron chi connectivity index (χ4n) is 3.45. The third-order valence-corrected chi connectivity index (χ3v) is 5.21. The van der Waals surface area contributed by atoms with Crippen molar-refractivity contribution in [2.24, 2.45) is 0 Å². The molecule has 1 saturated heterocycles. The van der Waals surface area contributed by atoms with Gasteiger partial charge in [-0.15, -0.1) is 0 Å². The van der Waals surface area contributed by atoms with Crippen molar-refractivity contribution in [1.82, 2.24) is 9.80 Å². The highest BCUT2D eigenvalue weighted by molar-refractivity contribution is 5.72. The summed E-state index contributed by atoms with van der Waals surface area (Å²) < 4.78 is 6.07. The summed E-state index contributed by atoms with van der Waals surface area (Å²) in [5, 5.41) is 0. The van der Waals surface area contributed by atoms with Crippen LogP contribution in [0.1, 0.15) is 30.9 Å². The average molecular weight is 365 g/mol. The molecule has 1 aliphatic heterocycles. The third-order valence-electron chi connectivity index (χ3n) is 5.21. The van der Waals surface area contributed by atoms with Gasteiger partial charge in [-0.3, -0.25) is 0 Å². The summed E-state index contributed by atoms with van der Waals surface area (Å²) in [6.45, 7) is 10.3. The second kappa shape index (κ2) is 10.9. The highest BCUT2D eigenvalue weighted by Gasteiger charge is 2.14. The zero-order chi connectivity index (χ0) is 18.7. The number of ether oxygens (including phenoxy) is 1. The van der Waals surface area contributed by atoms with Gasteiger partial charge in [0.15, 0.2) is 0 Å². The van der Waals surface area contributed by atoms with Gasteiger partial charge in [0.2, 0.25) is 0 Å². The van der Waals surface area contributed by atoms with Gasteiger partial charge in [-0.25, -0.2) is 0 Å². The van der Waals surface area contributed by atoms with Crippen LogP contribution >= 0.6 is 0 Å². The molecule has 0 N–H and O–H groups in total. The molecule has 0 spiro atoms. The first-order valence-corrected chi connectivity index (χ1v) is 10.2. The van der Waals surface area contributed by atoms with Gasteiger partial charge in [0, 0.05) is 31.7 Å². The van der Waals surface area contributed by atoms with Crippen molar-refractivity contribution in [1.29, 1.82) is 0 Å². The van der Waals surface area contributed by atoms with Gasteiger partial charge in [-0.2, -0.15) is 0 Å². The molecule has 3 rings (SSSR count). The van der Waals surface area contributed by atoms with E-state index in [4.69, 9.17) is 4.74 Å². The Balaban J connectivity index is 1.40. The second-order valence-electron chi connectivity index (χ2n) is 7.11. The molecule has 0 saturated carbocycles. The average Bonchev–Trinajstić information content (AvgIpc) is 2.74. The van der Waals surface area contributed by atoms with E-state index in [1.165, 1.54) is 51.3 Å². The molecule has 0 amide bonds. The summed E-state index contributed by atoms with van der Waals surface area (Å²) >= 11 is 0. The molecular formula is C24H32N2O. The quantitative estimate of drug-likeness (QED) is 0.476. The number of rotatable bonds is 9. The van der Waals surface area contributed by atoms with Crippen molar-refractivity contribution in [3.63, 3.8) is 0 Å². The van der Waals surface area contributed by atoms with E-state index in [0.29, 0.717) is 0 Å². The van der Waals surface area contributed by atoms with Crippen molar-refractivity contribution in [3.05, 3.63) is 65.7 Å². The molecule has 3 nitrogen and oxygen atoms in total. The Morgan fingerprint density at radius 2 is 1.52 bits per heavy atom. The van der Waals surface area contributed by atoms with Crippen molar-refractivity contribution in [2.45, 2.75) is 19.8 Å². The number of likely N-dealkylation sites (N-methyl/N-ethyl adjacent to an activating group) is 1. The summed E-state index contributed by atoms with van der Waals surface area (Å²) in [6.07, 6.45) is 6.58. The smallest absolute Gasteiger partial charge is 0.126 e. The predicted molar refractivity (Wildman–Crippen MR) is 115 cm³/mol. The van der Waals surface area contributed by atoms with E-state index in [1.807, 2.05) is 12.1 Å². The van der Waals surface area contributed by atoms with Crippen molar-refractivity contribution < 1.29 is 4.74 Å². The molecule has 0 unspecified atom stereocenters. The van der Waals surface area contributed by atoms with E-state index in [1.54, 1.807) is 0 Å². The SMILES string of the molecule is CCN1CCN(CCCCOc2ccccc2/C=C/c2ccccc2)CC1. The van der Waals surface area contributed by atoms with Crippen LogP contribution in [0.15, 0.2) is 54.6 Å². The molecule has 0 radical (unpaired) electrons. The van der Waals surface area contributed by atoms with Crippen LogP contribution in [-0.4, -0.2) is 55.7 Å². The summed E-state index contributed by atoms with van der Waals surface area (Å²) in [6, 6.07) is 18.7. The van der Waals surface area contributed by atoms with E-state index in [0.717, 1.165) is 24.3 Å². The van der Waals surface area contributed by atoms with Crippen LogP contribution in [0.3, 0.4) is 0 Å². The molecule has 2 aromatic carbocycles. The maximum Gasteiger partial charge on any atom is 0.126 e. The van der Waals surface area contributed by atoms with E-state index < -0.39 is 0 Å². The summed E-state index contributed by atoms with van der Waals surface area (Å²) in [5.41, 5.74) is 2.34. The van der Waals surface area contributed by atoms with Crippen LogP contribution in [0.5, 0.6) is 5.75 Å². The Morgan fingerprint density at radius 1 is 0.815 bits per heavy atom. The van der Waals surface area contributed by atoms with Gasteiger partial charge in [0.05, 0.1) is 6.61 Å². The lowest BCUT2D eigenvalue weighted by Gasteiger charge is -2.33. The molecule has 27 heavy (non-hydrogen) atoms. The normalized spacial score (nSPS) is 16.0. The van der Waals surface area contributed by atoms with Crippen LogP contribution in [0.4, 0.5) is 0 Å². The Kier molecular flexibility index (Phi) is 7.94. The van der Waals surface area contributed by atoms with Gasteiger partial charge in [-0.1, -0.05) is 67.6 Å². The van der Waals surface area contributed by atoms with Gasteiger partial charge in [-0.05, 0) is 37.6 Å². The van der Waals surface area contributed by atoms with Gasteiger partial charge < -0.3 is 14.5 Å². The number of nitrogens with zero attached hydrogens (tertiary/aromatic N) is 2. The number of hydrogen-bond acceptors (Lipinski definition) is 3. The molecule has 144 valence electrons. The minimum atomic E-state index is 0.783. The lowest BCUT2D eigenvalue weighted by atomic mass is 10.1. The van der Waals surface area contributed by atoms with Crippen LogP contribution in [0.25, 0.3) is 12.2 Å². The minimum Gasteiger partial charge on any atom is -0.493 e. The topological polar surface area (TPSA) is 15.7 Å². The van der Waals surface area contributed by atoms with Crippen LogP contribution in [-0.2, 0) is 0 Å². The Bertz CT molecular complexity index is 691. The van der Waals surface area contributed by atoms with Crippen molar-refractivity contribution in [3.8, 4) is 5.75 Å². The zero-order valence-electron chi connectivity index (χ0n) is 16.5. The molecule has 0 atom stereocenters. The van der Waals surface area contributed by atoms with E-state index in [2.05, 4.69) is 71.3 Å². The Hall–Kier alpha value is -2.10. The molecule has 0 bridgehead atoms. The molecule has 1 aliphatic rings. The highest BCUT2D eigenvalue weighted by Crippen LogP contribution is 2.21. The molecule has 0 aromatic heterocycles. The predicted octanol–water partition coefficient (Wildman–Crippen LogP) is 4.65. The standard InChI is InChI=1S/C24H32N2O/c1-2-25-17-19-26(20-18-25)16-8-9-21-27-24-13-7-6-12-23(24)15-14-22-10-4-3-5-11-22/h3-7,10-15H,2,8-9,16-21H2,1H3/b15-14+. The maximum absolute atomic E-state index is 6.07. The lowest BCUT2D eigenvalue weighted by molar-refractivity contribution is 0.134. The number of unbranched alkanes of at least 4 members (excludes halogenated alkanes) is 1. The van der Waals surface area contributed by atoms with E-state index in [9.17, 15) is 0 Å². The maximum atomic E-state index is 6.07. The Morgan fingerprint density at radius 3 is 2.30 bits per heavy atom. The first-order chi connectivity index (χ1) is 13.3. The molecule has 1 fully saturated rings. The fourth-order valence-corrected chi connectivity index (χ4v) is 3.45. The van der Waals surface area contributed by atoms with Crippen LogP contribution in [0.2, 0.25) is 0 Å². The second-order valence-corrected chi connectivity index (χ2v) is 7.11. The monoisotopic (exact) mass is 364 g/mol. The fraction of sp³-hybridized carbons (Fsp3) is 0.417. The summed E-state index contributed by atoms with van der Waals surface area (Å²) in [4.78, 5) is 5.11.